The van der Waals surface area contributed by atoms with Gasteiger partial charge in [-0.25, -0.2) is 0 Å². The monoisotopic (exact) mass is 266 g/mol. The van der Waals surface area contributed by atoms with Crippen LogP contribution in [0.1, 0.15) is 45.4 Å². The van der Waals surface area contributed by atoms with Gasteiger partial charge >= 0.3 is 0 Å². The number of hydrogen-bond acceptors (Lipinski definition) is 3. The fraction of sp³-hybridized carbons (Fsp3) is 0.786. The van der Waals surface area contributed by atoms with Crippen molar-refractivity contribution in [2.75, 3.05) is 13.1 Å². The van der Waals surface area contributed by atoms with E-state index in [1.54, 1.807) is 0 Å². The highest BCUT2D eigenvalue weighted by molar-refractivity contribution is 5.98. The van der Waals surface area contributed by atoms with Gasteiger partial charge in [0, 0.05) is 18.9 Å². The van der Waals surface area contributed by atoms with Crippen molar-refractivity contribution >= 4 is 17.7 Å². The van der Waals surface area contributed by atoms with Gasteiger partial charge in [-0.2, -0.15) is 0 Å². The van der Waals surface area contributed by atoms with Gasteiger partial charge in [0.15, 0.2) is 0 Å². The average Bonchev–Trinajstić information content (AvgIpc) is 2.75. The van der Waals surface area contributed by atoms with Gasteiger partial charge in [0.1, 0.15) is 0 Å². The first-order valence-corrected chi connectivity index (χ1v) is 7.17. The molecule has 2 fully saturated rings. The number of nitrogens with one attached hydrogen (secondary N) is 1. The zero-order valence-corrected chi connectivity index (χ0v) is 11.5. The molecule has 1 aliphatic carbocycles. The van der Waals surface area contributed by atoms with Gasteiger partial charge in [-0.3, -0.25) is 19.7 Å². The van der Waals surface area contributed by atoms with Crippen molar-refractivity contribution in [2.45, 2.75) is 45.4 Å². The molecule has 0 atom stereocenters. The number of hydrogen-bond donors (Lipinski definition) is 1. The normalized spacial score (nSPS) is 27.4. The Labute approximate surface area is 113 Å². The van der Waals surface area contributed by atoms with Crippen molar-refractivity contribution in [2.24, 2.45) is 11.8 Å². The lowest BCUT2D eigenvalue weighted by molar-refractivity contribution is -0.137. The number of likely N-dealkylation sites (tertiary alicyclic amines) is 1. The van der Waals surface area contributed by atoms with Crippen LogP contribution in [-0.4, -0.2) is 35.7 Å². The molecule has 2 rings (SSSR count). The molecule has 0 bridgehead atoms. The Morgan fingerprint density at radius 3 is 2.53 bits per heavy atom. The third-order valence-corrected chi connectivity index (χ3v) is 4.16. The Hall–Kier alpha value is -1.39. The van der Waals surface area contributed by atoms with E-state index in [-0.39, 0.29) is 30.2 Å². The van der Waals surface area contributed by atoms with Gasteiger partial charge in [-0.05, 0) is 38.0 Å². The van der Waals surface area contributed by atoms with E-state index in [1.165, 1.54) is 4.90 Å². The fourth-order valence-electron chi connectivity index (χ4n) is 2.85. The van der Waals surface area contributed by atoms with Gasteiger partial charge in [-0.15, -0.1) is 0 Å². The smallest absolute Gasteiger partial charge is 0.246 e. The van der Waals surface area contributed by atoms with Gasteiger partial charge in [0.25, 0.3) is 0 Å². The Balaban J connectivity index is 1.75. The zero-order valence-electron chi connectivity index (χ0n) is 11.5. The van der Waals surface area contributed by atoms with Crippen molar-refractivity contribution in [3.8, 4) is 0 Å². The third-order valence-electron chi connectivity index (χ3n) is 4.16. The average molecular weight is 266 g/mol. The van der Waals surface area contributed by atoms with E-state index in [4.69, 9.17) is 0 Å². The second-order valence-electron chi connectivity index (χ2n) is 5.79. The number of nitrogens with zero attached hydrogens (tertiary/aromatic N) is 1. The SMILES string of the molecule is C[C@H]1CC[C@@H](C(=O)NC(=O)CN2CCCC2=O)CC1. The zero-order chi connectivity index (χ0) is 13.8. The number of amides is 3. The number of imide groups is 1. The molecular weight excluding hydrogens is 244 g/mol. The van der Waals surface area contributed by atoms with Crippen molar-refractivity contribution in [1.82, 2.24) is 10.2 Å². The van der Waals surface area contributed by atoms with Crippen LogP contribution >= 0.6 is 0 Å². The summed E-state index contributed by atoms with van der Waals surface area (Å²) in [6.45, 7) is 2.84. The maximum Gasteiger partial charge on any atom is 0.246 e. The van der Waals surface area contributed by atoms with Gasteiger partial charge in [-0.1, -0.05) is 6.92 Å². The van der Waals surface area contributed by atoms with Crippen LogP contribution in [0.4, 0.5) is 0 Å². The first-order chi connectivity index (χ1) is 9.06. The van der Waals surface area contributed by atoms with Crippen LogP contribution in [0.2, 0.25) is 0 Å². The van der Waals surface area contributed by atoms with Crippen LogP contribution < -0.4 is 5.32 Å². The number of carbonyl (C=O) groups is 3. The Morgan fingerprint density at radius 2 is 1.95 bits per heavy atom. The lowest BCUT2D eigenvalue weighted by Gasteiger charge is -2.25. The predicted octanol–water partition coefficient (Wildman–Crippen LogP) is 1.08. The fourth-order valence-corrected chi connectivity index (χ4v) is 2.85. The first kappa shape index (κ1) is 14.0. The molecule has 19 heavy (non-hydrogen) atoms. The minimum Gasteiger partial charge on any atom is -0.333 e. The molecule has 1 aliphatic heterocycles. The molecule has 1 heterocycles. The Kier molecular flexibility index (Phi) is 4.56. The van der Waals surface area contributed by atoms with Crippen LogP contribution in [0.3, 0.4) is 0 Å². The third kappa shape index (κ3) is 3.78. The van der Waals surface area contributed by atoms with Crippen LogP contribution in [0.15, 0.2) is 0 Å². The van der Waals surface area contributed by atoms with E-state index in [9.17, 15) is 14.4 Å². The molecular formula is C14H22N2O3. The van der Waals surface area contributed by atoms with E-state index in [0.29, 0.717) is 18.9 Å². The lowest BCUT2D eigenvalue weighted by Crippen LogP contribution is -2.43. The largest absolute Gasteiger partial charge is 0.333 e. The molecule has 0 aromatic carbocycles. The molecule has 2 aliphatic rings. The molecule has 0 spiro atoms. The molecule has 0 aromatic heterocycles. The van der Waals surface area contributed by atoms with Gasteiger partial charge in [0.05, 0.1) is 6.54 Å². The summed E-state index contributed by atoms with van der Waals surface area (Å²) in [7, 11) is 0. The highest BCUT2D eigenvalue weighted by Crippen LogP contribution is 2.28. The van der Waals surface area contributed by atoms with Crippen molar-refractivity contribution in [3.05, 3.63) is 0 Å². The summed E-state index contributed by atoms with van der Waals surface area (Å²) in [5.74, 6) is 0.146. The highest BCUT2D eigenvalue weighted by atomic mass is 16.2. The summed E-state index contributed by atoms with van der Waals surface area (Å²) in [5.41, 5.74) is 0. The summed E-state index contributed by atoms with van der Waals surface area (Å²) in [6, 6.07) is 0. The first-order valence-electron chi connectivity index (χ1n) is 7.17. The van der Waals surface area contributed by atoms with Crippen LogP contribution in [-0.2, 0) is 14.4 Å². The molecule has 5 nitrogen and oxygen atoms in total. The molecule has 3 amide bonds. The van der Waals surface area contributed by atoms with Crippen molar-refractivity contribution in [3.63, 3.8) is 0 Å². The topological polar surface area (TPSA) is 66.5 Å². The summed E-state index contributed by atoms with van der Waals surface area (Å²) in [4.78, 5) is 36.6. The van der Waals surface area contributed by atoms with Crippen LogP contribution in [0.25, 0.3) is 0 Å². The summed E-state index contributed by atoms with van der Waals surface area (Å²) >= 11 is 0. The maximum absolute atomic E-state index is 11.9. The number of carbonyl (C=O) groups excluding carboxylic acids is 3. The van der Waals surface area contributed by atoms with Gasteiger partial charge < -0.3 is 4.90 Å². The standard InChI is InChI=1S/C14H22N2O3/c1-10-4-6-11(7-5-10)14(19)15-12(17)9-16-8-2-3-13(16)18/h10-11H,2-9H2,1H3,(H,15,17,19)/t10-,11+. The molecule has 0 radical (unpaired) electrons. The Morgan fingerprint density at radius 1 is 1.26 bits per heavy atom. The molecule has 0 aromatic rings. The van der Waals surface area contributed by atoms with Gasteiger partial charge in [0.2, 0.25) is 17.7 Å². The molecule has 1 saturated heterocycles. The minimum absolute atomic E-state index is 0.00842. The quantitative estimate of drug-likeness (QED) is 0.831. The maximum atomic E-state index is 11.9. The highest BCUT2D eigenvalue weighted by Gasteiger charge is 2.27. The molecule has 106 valence electrons. The second-order valence-corrected chi connectivity index (χ2v) is 5.79. The van der Waals surface area contributed by atoms with Crippen molar-refractivity contribution in [1.29, 1.82) is 0 Å². The summed E-state index contributed by atoms with van der Waals surface area (Å²) in [6.07, 6.45) is 5.15. The van der Waals surface area contributed by atoms with E-state index in [1.807, 2.05) is 0 Å². The second kappa shape index (κ2) is 6.17. The van der Waals surface area contributed by atoms with E-state index >= 15 is 0 Å². The van der Waals surface area contributed by atoms with E-state index in [2.05, 4.69) is 12.2 Å². The van der Waals surface area contributed by atoms with Crippen LogP contribution in [0, 0.1) is 11.8 Å². The molecule has 5 heteroatoms. The minimum atomic E-state index is -0.348. The summed E-state index contributed by atoms with van der Waals surface area (Å²) in [5, 5.41) is 2.44. The van der Waals surface area contributed by atoms with E-state index in [0.717, 1.165) is 32.1 Å². The molecule has 0 unspecified atom stereocenters. The Bertz CT molecular complexity index is 373. The van der Waals surface area contributed by atoms with Crippen molar-refractivity contribution < 1.29 is 14.4 Å². The van der Waals surface area contributed by atoms with Crippen LogP contribution in [0.5, 0.6) is 0 Å². The van der Waals surface area contributed by atoms with E-state index < -0.39 is 0 Å². The predicted molar refractivity (Wildman–Crippen MR) is 70.1 cm³/mol. The lowest BCUT2D eigenvalue weighted by atomic mass is 9.82. The molecule has 1 N–H and O–H groups in total. The summed E-state index contributed by atoms with van der Waals surface area (Å²) < 4.78 is 0. The molecule has 1 saturated carbocycles. The number of rotatable bonds is 3.